The molecule has 22 heavy (non-hydrogen) atoms. The van der Waals surface area contributed by atoms with Gasteiger partial charge in [-0.15, -0.1) is 0 Å². The summed E-state index contributed by atoms with van der Waals surface area (Å²) in [7, 11) is 0. The SMILES string of the molecule is O=C(NCC1(O)CCc2ccccc21)c1ccc(F)cc1F. The summed E-state index contributed by atoms with van der Waals surface area (Å²) in [6.07, 6.45) is 1.23. The van der Waals surface area contributed by atoms with Gasteiger partial charge in [0.25, 0.3) is 5.91 Å². The molecule has 5 heteroatoms. The Labute approximate surface area is 126 Å². The fourth-order valence-electron chi connectivity index (χ4n) is 2.85. The number of carbonyl (C=O) groups excluding carboxylic acids is 1. The minimum atomic E-state index is -1.15. The van der Waals surface area contributed by atoms with E-state index in [1.54, 1.807) is 0 Å². The minimum absolute atomic E-state index is 0.0142. The second-order valence-corrected chi connectivity index (χ2v) is 5.50. The molecular formula is C17H15F2NO2. The van der Waals surface area contributed by atoms with Crippen LogP contribution in [-0.4, -0.2) is 17.6 Å². The molecule has 1 aliphatic carbocycles. The Bertz CT molecular complexity index is 732. The largest absolute Gasteiger partial charge is 0.383 e. The molecule has 2 N–H and O–H groups in total. The van der Waals surface area contributed by atoms with Crippen molar-refractivity contribution in [3.63, 3.8) is 0 Å². The number of benzene rings is 2. The lowest BCUT2D eigenvalue weighted by molar-refractivity contribution is 0.0369. The van der Waals surface area contributed by atoms with Gasteiger partial charge in [0.15, 0.2) is 0 Å². The molecule has 0 heterocycles. The number of carbonyl (C=O) groups is 1. The molecule has 2 aromatic carbocycles. The summed E-state index contributed by atoms with van der Waals surface area (Å²) in [6.45, 7) is -0.0142. The quantitative estimate of drug-likeness (QED) is 0.915. The van der Waals surface area contributed by atoms with E-state index in [1.807, 2.05) is 24.3 Å². The number of hydrogen-bond acceptors (Lipinski definition) is 2. The number of hydrogen-bond donors (Lipinski definition) is 2. The normalized spacial score (nSPS) is 19.8. The molecule has 1 unspecified atom stereocenters. The highest BCUT2D eigenvalue weighted by Crippen LogP contribution is 2.36. The third-order valence-electron chi connectivity index (χ3n) is 4.04. The van der Waals surface area contributed by atoms with E-state index in [0.717, 1.165) is 29.7 Å². The number of amides is 1. The lowest BCUT2D eigenvalue weighted by Crippen LogP contribution is -2.39. The molecule has 0 spiro atoms. The predicted octanol–water partition coefficient (Wildman–Crippen LogP) is 2.53. The molecule has 0 saturated carbocycles. The summed E-state index contributed by atoms with van der Waals surface area (Å²) in [4.78, 5) is 12.0. The highest BCUT2D eigenvalue weighted by atomic mass is 19.1. The molecule has 1 aliphatic rings. The summed E-state index contributed by atoms with van der Waals surface area (Å²) in [5.41, 5.74) is 0.446. The van der Waals surface area contributed by atoms with Gasteiger partial charge < -0.3 is 10.4 Å². The van der Waals surface area contributed by atoms with Gasteiger partial charge in [0.1, 0.15) is 17.2 Å². The molecule has 114 valence electrons. The van der Waals surface area contributed by atoms with Gasteiger partial charge in [0, 0.05) is 6.07 Å². The minimum Gasteiger partial charge on any atom is -0.383 e. The first kappa shape index (κ1) is 14.7. The summed E-state index contributed by atoms with van der Waals surface area (Å²) in [5, 5.41) is 13.2. The second kappa shape index (κ2) is 5.50. The first-order chi connectivity index (χ1) is 10.5. The summed E-state index contributed by atoms with van der Waals surface area (Å²) in [6, 6.07) is 10.3. The highest BCUT2D eigenvalue weighted by Gasteiger charge is 2.36. The Morgan fingerprint density at radius 3 is 2.77 bits per heavy atom. The van der Waals surface area contributed by atoms with Crippen molar-refractivity contribution >= 4 is 5.91 Å². The number of rotatable bonds is 3. The van der Waals surface area contributed by atoms with E-state index >= 15 is 0 Å². The lowest BCUT2D eigenvalue weighted by atomic mass is 9.96. The molecule has 0 bridgehead atoms. The maximum absolute atomic E-state index is 13.6. The molecule has 0 aliphatic heterocycles. The van der Waals surface area contributed by atoms with Gasteiger partial charge >= 0.3 is 0 Å². The van der Waals surface area contributed by atoms with Crippen LogP contribution in [0, 0.1) is 11.6 Å². The lowest BCUT2D eigenvalue weighted by Gasteiger charge is -2.24. The molecule has 3 rings (SSSR count). The summed E-state index contributed by atoms with van der Waals surface area (Å²) in [5.74, 6) is -2.33. The summed E-state index contributed by atoms with van der Waals surface area (Å²) >= 11 is 0. The number of nitrogens with one attached hydrogen (secondary N) is 1. The van der Waals surface area contributed by atoms with E-state index in [1.165, 1.54) is 0 Å². The maximum Gasteiger partial charge on any atom is 0.254 e. The monoisotopic (exact) mass is 303 g/mol. The van der Waals surface area contributed by atoms with Crippen LogP contribution in [0.2, 0.25) is 0 Å². The topological polar surface area (TPSA) is 49.3 Å². The number of fused-ring (bicyclic) bond motifs is 1. The van der Waals surface area contributed by atoms with Gasteiger partial charge in [-0.3, -0.25) is 4.79 Å². The van der Waals surface area contributed by atoms with Crippen LogP contribution < -0.4 is 5.32 Å². The Morgan fingerprint density at radius 2 is 2.00 bits per heavy atom. The molecule has 1 amide bonds. The van der Waals surface area contributed by atoms with Crippen LogP contribution in [-0.2, 0) is 12.0 Å². The van der Waals surface area contributed by atoms with E-state index in [0.29, 0.717) is 12.5 Å². The molecule has 0 fully saturated rings. The van der Waals surface area contributed by atoms with Crippen molar-refractivity contribution in [3.05, 3.63) is 70.8 Å². The van der Waals surface area contributed by atoms with Crippen molar-refractivity contribution in [1.82, 2.24) is 5.32 Å². The van der Waals surface area contributed by atoms with Crippen molar-refractivity contribution in [3.8, 4) is 0 Å². The fraction of sp³-hybridized carbons (Fsp3) is 0.235. The Hall–Kier alpha value is -2.27. The zero-order chi connectivity index (χ0) is 15.7. The van der Waals surface area contributed by atoms with Crippen LogP contribution in [0.1, 0.15) is 27.9 Å². The maximum atomic E-state index is 13.6. The average molecular weight is 303 g/mol. The van der Waals surface area contributed by atoms with E-state index in [-0.39, 0.29) is 12.1 Å². The standard InChI is InChI=1S/C17H15F2NO2/c18-12-5-6-13(15(19)9-12)16(21)20-10-17(22)8-7-11-3-1-2-4-14(11)17/h1-6,9,22H,7-8,10H2,(H,20,21). The summed E-state index contributed by atoms with van der Waals surface area (Å²) < 4.78 is 26.4. The first-order valence-electron chi connectivity index (χ1n) is 7.04. The van der Waals surface area contributed by atoms with Crippen LogP contribution >= 0.6 is 0 Å². The molecule has 0 saturated heterocycles. The average Bonchev–Trinajstić information content (AvgIpc) is 2.83. The van der Waals surface area contributed by atoms with Gasteiger partial charge in [-0.1, -0.05) is 24.3 Å². The van der Waals surface area contributed by atoms with Gasteiger partial charge in [-0.25, -0.2) is 8.78 Å². The second-order valence-electron chi connectivity index (χ2n) is 5.50. The van der Waals surface area contributed by atoms with Gasteiger partial charge in [0.05, 0.1) is 12.1 Å². The molecule has 0 aromatic heterocycles. The number of aliphatic hydroxyl groups is 1. The van der Waals surface area contributed by atoms with Crippen molar-refractivity contribution < 1.29 is 18.7 Å². The van der Waals surface area contributed by atoms with Crippen molar-refractivity contribution in [1.29, 1.82) is 0 Å². The highest BCUT2D eigenvalue weighted by molar-refractivity contribution is 5.94. The van der Waals surface area contributed by atoms with Crippen LogP contribution in [0.3, 0.4) is 0 Å². The number of halogens is 2. The van der Waals surface area contributed by atoms with Crippen molar-refractivity contribution in [2.75, 3.05) is 6.54 Å². The smallest absolute Gasteiger partial charge is 0.254 e. The van der Waals surface area contributed by atoms with E-state index in [9.17, 15) is 18.7 Å². The fourth-order valence-corrected chi connectivity index (χ4v) is 2.85. The van der Waals surface area contributed by atoms with Gasteiger partial charge in [-0.05, 0) is 36.1 Å². The van der Waals surface area contributed by atoms with Crippen LogP contribution in [0.25, 0.3) is 0 Å². The molecular weight excluding hydrogens is 288 g/mol. The van der Waals surface area contributed by atoms with Crippen LogP contribution in [0.4, 0.5) is 8.78 Å². The molecule has 2 aromatic rings. The Balaban J connectivity index is 1.74. The van der Waals surface area contributed by atoms with E-state index < -0.39 is 23.1 Å². The zero-order valence-corrected chi connectivity index (χ0v) is 11.8. The van der Waals surface area contributed by atoms with Crippen molar-refractivity contribution in [2.45, 2.75) is 18.4 Å². The molecule has 0 radical (unpaired) electrons. The third-order valence-corrected chi connectivity index (χ3v) is 4.04. The zero-order valence-electron chi connectivity index (χ0n) is 11.8. The predicted molar refractivity (Wildman–Crippen MR) is 77.4 cm³/mol. The van der Waals surface area contributed by atoms with E-state index in [2.05, 4.69) is 5.32 Å². The Kier molecular flexibility index (Phi) is 3.66. The molecule has 3 nitrogen and oxygen atoms in total. The van der Waals surface area contributed by atoms with Gasteiger partial charge in [0.2, 0.25) is 0 Å². The molecule has 1 atom stereocenters. The third kappa shape index (κ3) is 2.60. The van der Waals surface area contributed by atoms with E-state index in [4.69, 9.17) is 0 Å². The van der Waals surface area contributed by atoms with Gasteiger partial charge in [-0.2, -0.15) is 0 Å². The Morgan fingerprint density at radius 1 is 1.23 bits per heavy atom. The van der Waals surface area contributed by atoms with Crippen LogP contribution in [0.5, 0.6) is 0 Å². The van der Waals surface area contributed by atoms with Crippen molar-refractivity contribution in [2.24, 2.45) is 0 Å². The first-order valence-corrected chi connectivity index (χ1v) is 7.04. The number of aryl methyl sites for hydroxylation is 1. The van der Waals surface area contributed by atoms with Crippen LogP contribution in [0.15, 0.2) is 42.5 Å².